The quantitative estimate of drug-likeness (QED) is 0.205. The summed E-state index contributed by atoms with van der Waals surface area (Å²) in [6.07, 6.45) is 0.449. The van der Waals surface area contributed by atoms with Crippen LogP contribution in [0, 0.1) is 17.8 Å². The minimum atomic E-state index is -2.72. The molecule has 3 aliphatic carbocycles. The number of aliphatic hydroxyl groups excluding tert-OH is 2. The standard InChI is InChI=1S/C31H31N3O10/c1-34(2)24-18-12-14-11-17-16(13-3-5-15(6-4-13)33-30(41)20-9-10-43-44-20)7-8-19(35)22(17)25(36)21(14)27(38)31(18,42)28(39)23(26(24)37)29(32)40/h3-10,14,18,20,23-24,26,35-37,42H,11-12H2,1-2H3,(H2,32,40)(H,33,41)/t14-,18-,20?,23?,24-,26?,31-/m1/s1. The zero-order valence-corrected chi connectivity index (χ0v) is 23.8. The molecule has 13 nitrogen and oxygen atoms in total. The van der Waals surface area contributed by atoms with Gasteiger partial charge in [-0.25, -0.2) is 0 Å². The van der Waals surface area contributed by atoms with Gasteiger partial charge in [0.2, 0.25) is 17.8 Å². The normalized spacial score (nSPS) is 30.8. The fourth-order valence-corrected chi connectivity index (χ4v) is 7.18. The van der Waals surface area contributed by atoms with E-state index in [4.69, 9.17) is 10.6 Å². The summed E-state index contributed by atoms with van der Waals surface area (Å²) >= 11 is 0. The highest BCUT2D eigenvalue weighted by atomic mass is 17.2. The van der Waals surface area contributed by atoms with Gasteiger partial charge in [0.1, 0.15) is 23.7 Å². The van der Waals surface area contributed by atoms with Crippen LogP contribution in [0.15, 0.2) is 54.3 Å². The molecular formula is C31H31N3O10. The number of hydrogen-bond acceptors (Lipinski definition) is 11. The van der Waals surface area contributed by atoms with Crippen molar-refractivity contribution in [1.82, 2.24) is 4.90 Å². The minimum Gasteiger partial charge on any atom is -0.507 e. The molecule has 1 heterocycles. The van der Waals surface area contributed by atoms with Crippen LogP contribution in [0.2, 0.25) is 0 Å². The fourth-order valence-electron chi connectivity index (χ4n) is 7.18. The van der Waals surface area contributed by atoms with E-state index in [-0.39, 0.29) is 29.7 Å². The van der Waals surface area contributed by atoms with E-state index in [0.29, 0.717) is 22.4 Å². The molecule has 2 aromatic rings. The lowest BCUT2D eigenvalue weighted by atomic mass is 9.54. The van der Waals surface area contributed by atoms with Gasteiger partial charge in [0, 0.05) is 23.2 Å². The van der Waals surface area contributed by atoms with E-state index >= 15 is 0 Å². The third kappa shape index (κ3) is 4.31. The molecule has 0 aromatic heterocycles. The molecular weight excluding hydrogens is 574 g/mol. The summed E-state index contributed by atoms with van der Waals surface area (Å²) < 4.78 is 0. The number of nitrogens with one attached hydrogen (secondary N) is 1. The van der Waals surface area contributed by atoms with E-state index in [1.807, 2.05) is 0 Å². The van der Waals surface area contributed by atoms with Crippen molar-refractivity contribution in [2.45, 2.75) is 36.7 Å². The summed E-state index contributed by atoms with van der Waals surface area (Å²) in [6.45, 7) is 0. The van der Waals surface area contributed by atoms with E-state index in [9.17, 15) is 39.6 Å². The summed E-state index contributed by atoms with van der Waals surface area (Å²) in [5.74, 6) is -8.39. The first-order chi connectivity index (χ1) is 20.9. The van der Waals surface area contributed by atoms with E-state index in [0.717, 1.165) is 0 Å². The number of ketones is 2. The lowest BCUT2D eigenvalue weighted by molar-refractivity contribution is -0.246. The summed E-state index contributed by atoms with van der Waals surface area (Å²) in [5, 5.41) is 47.8. The molecule has 3 unspecified atom stereocenters. The molecule has 44 heavy (non-hydrogen) atoms. The summed E-state index contributed by atoms with van der Waals surface area (Å²) in [5.41, 5.74) is 4.83. The monoisotopic (exact) mass is 605 g/mol. The molecule has 0 radical (unpaired) electrons. The first-order valence-electron chi connectivity index (χ1n) is 14.0. The summed E-state index contributed by atoms with van der Waals surface area (Å²) in [6, 6.07) is 8.89. The second-order valence-electron chi connectivity index (χ2n) is 11.8. The third-order valence-electron chi connectivity index (χ3n) is 9.16. The van der Waals surface area contributed by atoms with E-state index < -0.39 is 70.7 Å². The van der Waals surface area contributed by atoms with Gasteiger partial charge < -0.3 is 41.3 Å². The number of Topliss-reactive ketones (excluding diaryl/α,β-unsaturated/α-hetero) is 2. The van der Waals surface area contributed by atoms with Crippen LogP contribution >= 0.6 is 0 Å². The molecule has 4 aliphatic rings. The number of fused-ring (bicyclic) bond motifs is 3. The smallest absolute Gasteiger partial charge is 0.262 e. The fraction of sp³-hybridized carbons (Fsp3) is 0.355. The van der Waals surface area contributed by atoms with E-state index in [2.05, 4.69) is 10.2 Å². The zero-order chi connectivity index (χ0) is 31.7. The van der Waals surface area contributed by atoms with Crippen molar-refractivity contribution in [2.24, 2.45) is 23.5 Å². The van der Waals surface area contributed by atoms with Gasteiger partial charge in [0.25, 0.3) is 5.91 Å². The Morgan fingerprint density at radius 1 is 1.09 bits per heavy atom. The molecule has 2 saturated carbocycles. The molecule has 0 bridgehead atoms. The van der Waals surface area contributed by atoms with Crippen LogP contribution in [-0.2, 0) is 35.4 Å². The number of primary amides is 1. The lowest BCUT2D eigenvalue weighted by Crippen LogP contribution is -2.73. The molecule has 230 valence electrons. The van der Waals surface area contributed by atoms with E-state index in [1.165, 1.54) is 18.4 Å². The van der Waals surface area contributed by atoms with Crippen molar-refractivity contribution in [3.8, 4) is 16.9 Å². The van der Waals surface area contributed by atoms with Crippen molar-refractivity contribution >= 4 is 34.8 Å². The van der Waals surface area contributed by atoms with Crippen LogP contribution in [0.4, 0.5) is 5.69 Å². The predicted molar refractivity (Wildman–Crippen MR) is 153 cm³/mol. The number of anilines is 1. The Kier molecular flexibility index (Phi) is 7.08. The molecule has 7 N–H and O–H groups in total. The molecule has 2 fully saturated rings. The van der Waals surface area contributed by atoms with Crippen LogP contribution in [0.25, 0.3) is 16.9 Å². The number of carbonyl (C=O) groups is 4. The number of nitrogens with two attached hydrogens (primary N) is 1. The Morgan fingerprint density at radius 3 is 2.41 bits per heavy atom. The Bertz CT molecular complexity index is 1650. The lowest BCUT2D eigenvalue weighted by Gasteiger charge is -2.53. The number of rotatable bonds is 5. The highest BCUT2D eigenvalue weighted by molar-refractivity contribution is 6.25. The molecule has 6 rings (SSSR count). The SMILES string of the molecule is CN(C)[C@H]1C(O)C(C(N)=O)C(=O)[C@]2(O)C(=O)C3=C(O)c4c(O)ccc(-c5ccc(NC(=O)C6C=COO6)cc5)c4C[C@@H]3C[C@H]12. The number of phenols is 1. The zero-order valence-electron chi connectivity index (χ0n) is 23.8. The molecule has 2 aromatic carbocycles. The maximum atomic E-state index is 14.0. The second kappa shape index (κ2) is 10.6. The van der Waals surface area contributed by atoms with Crippen molar-refractivity contribution < 1.29 is 49.4 Å². The molecule has 1 aliphatic heterocycles. The Morgan fingerprint density at radius 2 is 1.80 bits per heavy atom. The average Bonchev–Trinajstić information content (AvgIpc) is 3.51. The molecule has 0 spiro atoms. The number of aromatic hydroxyl groups is 1. The van der Waals surface area contributed by atoms with Gasteiger partial charge in [0.15, 0.2) is 11.4 Å². The first kappa shape index (κ1) is 29.5. The Labute approximate surface area is 251 Å². The van der Waals surface area contributed by atoms with Gasteiger partial charge in [-0.3, -0.25) is 19.2 Å². The molecule has 13 heteroatoms. The Hall–Kier alpha value is -4.56. The van der Waals surface area contributed by atoms with Crippen LogP contribution < -0.4 is 11.1 Å². The topological polar surface area (TPSA) is 209 Å². The van der Waals surface area contributed by atoms with Gasteiger partial charge in [-0.15, -0.1) is 0 Å². The minimum absolute atomic E-state index is 0.00870. The molecule has 7 atom stereocenters. The predicted octanol–water partition coefficient (Wildman–Crippen LogP) is 0.579. The average molecular weight is 606 g/mol. The summed E-state index contributed by atoms with van der Waals surface area (Å²) in [4.78, 5) is 63.0. The van der Waals surface area contributed by atoms with Crippen LogP contribution in [0.1, 0.15) is 17.5 Å². The van der Waals surface area contributed by atoms with Crippen LogP contribution in [0.5, 0.6) is 5.75 Å². The maximum absolute atomic E-state index is 14.0. The van der Waals surface area contributed by atoms with Crippen molar-refractivity contribution in [3.05, 3.63) is 65.4 Å². The van der Waals surface area contributed by atoms with Gasteiger partial charge in [-0.05, 0) is 73.8 Å². The Balaban J connectivity index is 1.39. The first-order valence-corrected chi connectivity index (χ1v) is 14.0. The van der Waals surface area contributed by atoms with Crippen LogP contribution in [-0.4, -0.2) is 86.7 Å². The number of likely N-dealkylation sites (N-methyl/N-ethyl adjacent to an activating group) is 1. The van der Waals surface area contributed by atoms with Crippen molar-refractivity contribution in [2.75, 3.05) is 19.4 Å². The molecule has 2 amide bonds. The highest BCUT2D eigenvalue weighted by Gasteiger charge is 2.67. The van der Waals surface area contributed by atoms with Gasteiger partial charge in [0.05, 0.1) is 11.7 Å². The van der Waals surface area contributed by atoms with Crippen molar-refractivity contribution in [3.63, 3.8) is 0 Å². The van der Waals surface area contributed by atoms with Crippen molar-refractivity contribution in [1.29, 1.82) is 0 Å². The van der Waals surface area contributed by atoms with E-state index in [1.54, 1.807) is 49.3 Å². The van der Waals surface area contributed by atoms with Gasteiger partial charge >= 0.3 is 0 Å². The maximum Gasteiger partial charge on any atom is 0.262 e. The van der Waals surface area contributed by atoms with Crippen LogP contribution in [0.3, 0.4) is 0 Å². The number of nitrogens with zero attached hydrogens (tertiary/aromatic N) is 1. The number of benzene rings is 2. The molecule has 0 saturated heterocycles. The second-order valence-corrected chi connectivity index (χ2v) is 11.8. The van der Waals surface area contributed by atoms with Gasteiger partial charge in [-0.1, -0.05) is 18.2 Å². The third-order valence-corrected chi connectivity index (χ3v) is 9.16. The number of hydrogen-bond donors (Lipinski definition) is 6. The highest BCUT2D eigenvalue weighted by Crippen LogP contribution is 2.53. The number of aliphatic hydroxyl groups is 3. The number of amides is 2. The summed E-state index contributed by atoms with van der Waals surface area (Å²) in [7, 11) is 3.19. The largest absolute Gasteiger partial charge is 0.507 e. The van der Waals surface area contributed by atoms with Gasteiger partial charge in [-0.2, -0.15) is 4.89 Å². The number of phenolic OH excluding ortho intramolecular Hbond substituents is 1. The number of carbonyl (C=O) groups excluding carboxylic acids is 4.